The van der Waals surface area contributed by atoms with Crippen molar-refractivity contribution in [3.63, 3.8) is 0 Å². The second-order valence-corrected chi connectivity index (χ2v) is 8.45. The number of ether oxygens (including phenoxy) is 2. The topological polar surface area (TPSA) is 49.3 Å². The number of aliphatic imine (C=N–C) groups is 1. The Morgan fingerprint density at radius 1 is 1.00 bits per heavy atom. The Morgan fingerprint density at radius 3 is 2.53 bits per heavy atom. The fourth-order valence-corrected chi connectivity index (χ4v) is 4.47. The summed E-state index contributed by atoms with van der Waals surface area (Å²) in [5.74, 6) is 1.02. The first-order chi connectivity index (χ1) is 15.8. The maximum absolute atomic E-state index is 5.99. The zero-order chi connectivity index (χ0) is 22.0. The van der Waals surface area contributed by atoms with Gasteiger partial charge in [-0.15, -0.1) is 0 Å². The molecular weight excluding hydrogens is 400 g/mol. The molecule has 2 heterocycles. The van der Waals surface area contributed by atoms with Crippen molar-refractivity contribution in [2.75, 3.05) is 45.9 Å². The molecule has 0 bridgehead atoms. The van der Waals surface area contributed by atoms with E-state index in [4.69, 9.17) is 14.5 Å². The third-order valence-electron chi connectivity index (χ3n) is 6.25. The number of nitrogens with one attached hydrogen (secondary N) is 1. The Labute approximate surface area is 192 Å². The Balaban J connectivity index is 1.35. The molecule has 4 rings (SSSR count). The highest BCUT2D eigenvalue weighted by Gasteiger charge is 2.30. The minimum atomic E-state index is 0.597. The summed E-state index contributed by atoms with van der Waals surface area (Å²) in [6, 6.07) is 19.4. The number of hydrogen-bond acceptors (Lipinski definition) is 4. The molecule has 2 saturated heterocycles. The molecule has 0 amide bonds. The second-order valence-electron chi connectivity index (χ2n) is 8.45. The van der Waals surface area contributed by atoms with Crippen molar-refractivity contribution in [2.24, 2.45) is 4.99 Å². The summed E-state index contributed by atoms with van der Waals surface area (Å²) in [5.41, 5.74) is 3.62. The van der Waals surface area contributed by atoms with Crippen LogP contribution in [0.15, 0.2) is 59.6 Å². The molecule has 1 N–H and O–H groups in total. The van der Waals surface area contributed by atoms with E-state index in [-0.39, 0.29) is 0 Å². The number of likely N-dealkylation sites (tertiary alicyclic amines) is 1. The fraction of sp³-hybridized carbons (Fsp3) is 0.500. The Hall–Kier alpha value is -2.41. The highest BCUT2D eigenvalue weighted by Crippen LogP contribution is 2.18. The lowest BCUT2D eigenvalue weighted by atomic mass is 10.1. The minimum absolute atomic E-state index is 0.597. The van der Waals surface area contributed by atoms with E-state index in [1.165, 1.54) is 23.1 Å². The molecule has 0 radical (unpaired) electrons. The molecule has 2 aliphatic rings. The van der Waals surface area contributed by atoms with E-state index >= 15 is 0 Å². The van der Waals surface area contributed by atoms with Crippen LogP contribution in [0.5, 0.6) is 0 Å². The first-order valence-electron chi connectivity index (χ1n) is 11.9. The van der Waals surface area contributed by atoms with Crippen LogP contribution in [0.3, 0.4) is 0 Å². The van der Waals surface area contributed by atoms with Crippen molar-refractivity contribution >= 4 is 5.96 Å². The maximum atomic E-state index is 5.99. The van der Waals surface area contributed by atoms with Gasteiger partial charge in [0.05, 0.1) is 33.0 Å². The summed E-state index contributed by atoms with van der Waals surface area (Å²) in [6.07, 6.45) is 1.19. The van der Waals surface area contributed by atoms with Crippen LogP contribution < -0.4 is 5.32 Å². The zero-order valence-corrected chi connectivity index (χ0v) is 19.2. The number of rotatable bonds is 8. The van der Waals surface area contributed by atoms with E-state index < -0.39 is 0 Å². The number of benzene rings is 2. The molecule has 172 valence electrons. The lowest BCUT2D eigenvalue weighted by molar-refractivity contribution is 0.0195. The molecule has 2 aromatic rings. The van der Waals surface area contributed by atoms with Crippen LogP contribution in [0.4, 0.5) is 0 Å². The highest BCUT2D eigenvalue weighted by molar-refractivity contribution is 5.80. The molecule has 1 atom stereocenters. The number of nitrogens with zero attached hydrogens (tertiary/aromatic N) is 3. The molecule has 2 aromatic carbocycles. The number of morpholine rings is 1. The van der Waals surface area contributed by atoms with E-state index in [0.717, 1.165) is 51.9 Å². The fourth-order valence-electron chi connectivity index (χ4n) is 4.47. The Morgan fingerprint density at radius 2 is 1.75 bits per heavy atom. The quantitative estimate of drug-likeness (QED) is 0.508. The van der Waals surface area contributed by atoms with Crippen molar-refractivity contribution < 1.29 is 9.47 Å². The van der Waals surface area contributed by atoms with Gasteiger partial charge in [0.15, 0.2) is 5.96 Å². The summed E-state index contributed by atoms with van der Waals surface area (Å²) in [4.78, 5) is 10.00. The molecule has 2 fully saturated rings. The molecule has 0 saturated carbocycles. The van der Waals surface area contributed by atoms with Crippen LogP contribution in [-0.2, 0) is 29.2 Å². The summed E-state index contributed by atoms with van der Waals surface area (Å²) < 4.78 is 11.5. The van der Waals surface area contributed by atoms with Gasteiger partial charge in [0.2, 0.25) is 0 Å². The van der Waals surface area contributed by atoms with Crippen molar-refractivity contribution in [2.45, 2.75) is 39.1 Å². The smallest absolute Gasteiger partial charge is 0.194 e. The van der Waals surface area contributed by atoms with Crippen LogP contribution in [0.1, 0.15) is 30.0 Å². The molecule has 0 aromatic heterocycles. The summed E-state index contributed by atoms with van der Waals surface area (Å²) in [6.45, 7) is 10.8. The first-order valence-corrected chi connectivity index (χ1v) is 11.9. The van der Waals surface area contributed by atoms with E-state index in [9.17, 15) is 0 Å². The van der Waals surface area contributed by atoms with E-state index in [1.54, 1.807) is 0 Å². The lowest BCUT2D eigenvalue weighted by Crippen LogP contribution is -2.46. The maximum Gasteiger partial charge on any atom is 0.194 e. The largest absolute Gasteiger partial charge is 0.379 e. The normalized spacial score (nSPS) is 20.0. The van der Waals surface area contributed by atoms with Gasteiger partial charge in [-0.25, -0.2) is 4.99 Å². The summed E-state index contributed by atoms with van der Waals surface area (Å²) in [7, 11) is 0. The van der Waals surface area contributed by atoms with Gasteiger partial charge in [0, 0.05) is 38.8 Å². The SMILES string of the molecule is CCNC(=NCc1ccccc1COCc1ccccc1)N1CCC(N2CCOCC2)C1. The molecule has 6 nitrogen and oxygen atoms in total. The average molecular weight is 437 g/mol. The Bertz CT molecular complexity index is 852. The van der Waals surface area contributed by atoms with Gasteiger partial charge in [0.1, 0.15) is 0 Å². The summed E-state index contributed by atoms with van der Waals surface area (Å²) >= 11 is 0. The molecule has 2 aliphatic heterocycles. The highest BCUT2D eigenvalue weighted by atomic mass is 16.5. The third kappa shape index (κ3) is 6.31. The molecule has 0 aliphatic carbocycles. The minimum Gasteiger partial charge on any atom is -0.379 e. The summed E-state index contributed by atoms with van der Waals surface area (Å²) in [5, 5.41) is 3.50. The van der Waals surface area contributed by atoms with Gasteiger partial charge >= 0.3 is 0 Å². The van der Waals surface area contributed by atoms with Crippen LogP contribution in [-0.4, -0.2) is 67.7 Å². The van der Waals surface area contributed by atoms with Crippen LogP contribution in [0.25, 0.3) is 0 Å². The zero-order valence-electron chi connectivity index (χ0n) is 19.2. The number of guanidine groups is 1. The van der Waals surface area contributed by atoms with E-state index in [0.29, 0.717) is 25.8 Å². The second kappa shape index (κ2) is 12.0. The van der Waals surface area contributed by atoms with Crippen LogP contribution in [0.2, 0.25) is 0 Å². The molecule has 6 heteroatoms. The van der Waals surface area contributed by atoms with Gasteiger partial charge in [-0.05, 0) is 30.0 Å². The predicted molar refractivity (Wildman–Crippen MR) is 129 cm³/mol. The van der Waals surface area contributed by atoms with Crippen LogP contribution >= 0.6 is 0 Å². The van der Waals surface area contributed by atoms with Crippen molar-refractivity contribution in [1.29, 1.82) is 0 Å². The van der Waals surface area contributed by atoms with Gasteiger partial charge < -0.3 is 19.7 Å². The average Bonchev–Trinajstić information content (AvgIpc) is 3.34. The van der Waals surface area contributed by atoms with Crippen molar-refractivity contribution in [1.82, 2.24) is 15.1 Å². The lowest BCUT2D eigenvalue weighted by Gasteiger charge is -2.32. The molecule has 32 heavy (non-hydrogen) atoms. The van der Waals surface area contributed by atoms with Gasteiger partial charge in [-0.3, -0.25) is 4.90 Å². The van der Waals surface area contributed by atoms with Gasteiger partial charge in [-0.1, -0.05) is 54.6 Å². The number of hydrogen-bond donors (Lipinski definition) is 1. The molecular formula is C26H36N4O2. The molecule has 1 unspecified atom stereocenters. The molecule has 0 spiro atoms. The van der Waals surface area contributed by atoms with Gasteiger partial charge in [-0.2, -0.15) is 0 Å². The van der Waals surface area contributed by atoms with Gasteiger partial charge in [0.25, 0.3) is 0 Å². The first kappa shape index (κ1) is 22.8. The van der Waals surface area contributed by atoms with Crippen molar-refractivity contribution in [3.8, 4) is 0 Å². The monoisotopic (exact) mass is 436 g/mol. The van der Waals surface area contributed by atoms with Crippen molar-refractivity contribution in [3.05, 3.63) is 71.3 Å². The van der Waals surface area contributed by atoms with E-state index in [2.05, 4.69) is 58.4 Å². The van der Waals surface area contributed by atoms with Crippen LogP contribution in [0, 0.1) is 0 Å². The standard InChI is InChI=1S/C26H36N4O2/c1-2-27-26(30-13-12-25(19-30)29-14-16-31-17-15-29)28-18-23-10-6-7-11-24(23)21-32-20-22-8-4-3-5-9-22/h3-11,25H,2,12-21H2,1H3,(H,27,28). The predicted octanol–water partition coefficient (Wildman–Crippen LogP) is 3.28. The Kier molecular flexibility index (Phi) is 8.54. The third-order valence-corrected chi connectivity index (χ3v) is 6.25. The van der Waals surface area contributed by atoms with E-state index in [1.807, 2.05) is 18.2 Å².